The van der Waals surface area contributed by atoms with Crippen molar-refractivity contribution in [3.8, 4) is 0 Å². The van der Waals surface area contributed by atoms with Crippen molar-refractivity contribution in [2.24, 2.45) is 0 Å². The fourth-order valence-electron chi connectivity index (χ4n) is 4.25. The van der Waals surface area contributed by atoms with Gasteiger partial charge in [0.05, 0.1) is 22.7 Å². The molecule has 0 aliphatic carbocycles. The third kappa shape index (κ3) is 4.49. The van der Waals surface area contributed by atoms with E-state index in [1.165, 1.54) is 12.1 Å². The molecule has 4 N–H and O–H groups in total. The van der Waals surface area contributed by atoms with Crippen molar-refractivity contribution in [1.82, 2.24) is 4.57 Å². The van der Waals surface area contributed by atoms with Crippen LogP contribution in [0.4, 0.5) is 13.2 Å². The Morgan fingerprint density at radius 3 is 2.30 bits per heavy atom. The maximum absolute atomic E-state index is 12.9. The fraction of sp³-hybridized carbons (Fsp3) is 0.391. The van der Waals surface area contributed by atoms with Gasteiger partial charge in [0.2, 0.25) is 0 Å². The van der Waals surface area contributed by atoms with Gasteiger partial charge in [0.15, 0.2) is 0 Å². The van der Waals surface area contributed by atoms with Crippen LogP contribution in [0.1, 0.15) is 28.4 Å². The van der Waals surface area contributed by atoms with Crippen LogP contribution in [0.15, 0.2) is 42.6 Å². The maximum atomic E-state index is 12.9. The highest BCUT2D eigenvalue weighted by Gasteiger charge is 2.45. The summed E-state index contributed by atoms with van der Waals surface area (Å²) in [6.07, 6.45) is -9.46. The van der Waals surface area contributed by atoms with E-state index in [4.69, 9.17) is 16.3 Å². The van der Waals surface area contributed by atoms with E-state index in [9.17, 15) is 33.6 Å². The molecule has 1 saturated heterocycles. The minimum Gasteiger partial charge on any atom is -0.394 e. The van der Waals surface area contributed by atoms with Gasteiger partial charge < -0.3 is 29.7 Å². The second-order valence-electron chi connectivity index (χ2n) is 8.30. The molecule has 3 aromatic rings. The number of fused-ring (bicyclic) bond motifs is 1. The van der Waals surface area contributed by atoms with Crippen LogP contribution in [0.25, 0.3) is 10.9 Å². The number of aryl methyl sites for hydroxylation is 1. The minimum atomic E-state index is -4.43. The van der Waals surface area contributed by atoms with Crippen LogP contribution in [-0.2, 0) is 17.5 Å². The number of hydrogen-bond acceptors (Lipinski definition) is 5. The molecule has 6 nitrogen and oxygen atoms in total. The van der Waals surface area contributed by atoms with E-state index >= 15 is 0 Å². The number of aliphatic hydroxyl groups excluding tert-OH is 4. The van der Waals surface area contributed by atoms with Gasteiger partial charge in [-0.3, -0.25) is 0 Å². The summed E-state index contributed by atoms with van der Waals surface area (Å²) in [5.41, 5.74) is 1.72. The molecule has 0 saturated carbocycles. The first-order valence-electron chi connectivity index (χ1n) is 10.3. The van der Waals surface area contributed by atoms with Crippen LogP contribution in [0.2, 0.25) is 5.02 Å². The number of rotatable bonds is 4. The lowest BCUT2D eigenvalue weighted by Crippen LogP contribution is -2.55. The van der Waals surface area contributed by atoms with Crippen LogP contribution in [0, 0.1) is 6.92 Å². The topological polar surface area (TPSA) is 95.1 Å². The van der Waals surface area contributed by atoms with E-state index in [0.717, 1.165) is 17.7 Å². The highest BCUT2D eigenvalue weighted by Crippen LogP contribution is 2.39. The molecule has 0 amide bonds. The standard InChI is InChI=1S/C23H23ClF3NO5/c1-11-6-14-15(22-21(32)20(31)19(30)17(10-29)33-22)9-28(18(14)16(24)7-11)8-12-2-4-13(5-3-12)23(25,26)27/h2-7,9,17,19-22,29-32H,8,10H2,1H3/t17-,19-,20+,21-,22+/m1/s1. The lowest BCUT2D eigenvalue weighted by atomic mass is 9.91. The van der Waals surface area contributed by atoms with Gasteiger partial charge in [-0.05, 0) is 42.3 Å². The Hall–Kier alpha value is -2.14. The van der Waals surface area contributed by atoms with Gasteiger partial charge in [0, 0.05) is 23.7 Å². The summed E-state index contributed by atoms with van der Waals surface area (Å²) in [5, 5.41) is 41.5. The van der Waals surface area contributed by atoms with Crippen LogP contribution in [0.5, 0.6) is 0 Å². The number of benzene rings is 2. The quantitative estimate of drug-likeness (QED) is 0.455. The van der Waals surface area contributed by atoms with E-state index in [2.05, 4.69) is 0 Å². The summed E-state index contributed by atoms with van der Waals surface area (Å²) in [5.74, 6) is 0. The number of nitrogens with zero attached hydrogens (tertiary/aromatic N) is 1. The predicted octanol–water partition coefficient (Wildman–Crippen LogP) is 3.19. The van der Waals surface area contributed by atoms with Crippen LogP contribution < -0.4 is 0 Å². The lowest BCUT2D eigenvalue weighted by Gasteiger charge is -2.40. The van der Waals surface area contributed by atoms with Crippen molar-refractivity contribution in [3.63, 3.8) is 0 Å². The van der Waals surface area contributed by atoms with Gasteiger partial charge in [0.1, 0.15) is 30.5 Å². The molecule has 5 atom stereocenters. The predicted molar refractivity (Wildman–Crippen MR) is 115 cm³/mol. The molecule has 0 bridgehead atoms. The summed E-state index contributed by atoms with van der Waals surface area (Å²) in [4.78, 5) is 0. The highest BCUT2D eigenvalue weighted by atomic mass is 35.5. The molecule has 178 valence electrons. The van der Waals surface area contributed by atoms with Crippen LogP contribution in [-0.4, -0.2) is 56.0 Å². The normalized spacial score (nSPS) is 26.2. The number of aromatic nitrogens is 1. The smallest absolute Gasteiger partial charge is 0.394 e. The van der Waals surface area contributed by atoms with Crippen molar-refractivity contribution in [2.45, 2.75) is 50.2 Å². The first-order valence-corrected chi connectivity index (χ1v) is 10.6. The van der Waals surface area contributed by atoms with Crippen molar-refractivity contribution in [1.29, 1.82) is 0 Å². The third-order valence-corrected chi connectivity index (χ3v) is 6.22. The van der Waals surface area contributed by atoms with Gasteiger partial charge >= 0.3 is 6.18 Å². The molecule has 1 aliphatic heterocycles. The second-order valence-corrected chi connectivity index (χ2v) is 8.71. The third-order valence-electron chi connectivity index (χ3n) is 5.93. The molecular formula is C23H23ClF3NO5. The van der Waals surface area contributed by atoms with Gasteiger partial charge in [-0.2, -0.15) is 13.2 Å². The Kier molecular flexibility index (Phi) is 6.47. The Morgan fingerprint density at radius 2 is 1.70 bits per heavy atom. The Morgan fingerprint density at radius 1 is 1.03 bits per heavy atom. The van der Waals surface area contributed by atoms with E-state index in [0.29, 0.717) is 27.1 Å². The molecule has 4 rings (SSSR count). The minimum absolute atomic E-state index is 0.189. The monoisotopic (exact) mass is 485 g/mol. The number of ether oxygens (including phenoxy) is 1. The highest BCUT2D eigenvalue weighted by molar-refractivity contribution is 6.35. The Bertz CT molecular complexity index is 1150. The summed E-state index contributed by atoms with van der Waals surface area (Å²) in [7, 11) is 0. The fourth-order valence-corrected chi connectivity index (χ4v) is 4.64. The van der Waals surface area contributed by atoms with Gasteiger partial charge in [-0.25, -0.2) is 0 Å². The van der Waals surface area contributed by atoms with E-state index in [1.54, 1.807) is 16.8 Å². The van der Waals surface area contributed by atoms with Crippen molar-refractivity contribution < 1.29 is 38.3 Å². The molecular weight excluding hydrogens is 463 g/mol. The summed E-state index contributed by atoms with van der Waals surface area (Å²) in [6, 6.07) is 8.33. The molecule has 0 spiro atoms. The van der Waals surface area contributed by atoms with Crippen molar-refractivity contribution in [3.05, 3.63) is 69.9 Å². The second kappa shape index (κ2) is 8.90. The SMILES string of the molecule is Cc1cc(Cl)c2c(c1)c([C@@H]1O[C@H](CO)[C@@H](O)[C@H](O)[C@H]1O)cn2Cc1ccc(C(F)(F)F)cc1. The average molecular weight is 486 g/mol. The zero-order valence-electron chi connectivity index (χ0n) is 17.5. The zero-order valence-corrected chi connectivity index (χ0v) is 18.3. The van der Waals surface area contributed by atoms with Gasteiger partial charge in [0.25, 0.3) is 0 Å². The largest absolute Gasteiger partial charge is 0.416 e. The number of halogens is 4. The van der Waals surface area contributed by atoms with Crippen LogP contribution in [0.3, 0.4) is 0 Å². The van der Waals surface area contributed by atoms with E-state index in [1.807, 2.05) is 13.0 Å². The number of hydrogen-bond donors (Lipinski definition) is 4. The molecule has 1 aromatic heterocycles. The number of aliphatic hydroxyl groups is 4. The van der Waals surface area contributed by atoms with Crippen molar-refractivity contribution in [2.75, 3.05) is 6.61 Å². The Balaban J connectivity index is 1.78. The zero-order chi connectivity index (χ0) is 24.1. The summed E-state index contributed by atoms with van der Waals surface area (Å²) in [6.45, 7) is 1.45. The summed E-state index contributed by atoms with van der Waals surface area (Å²) >= 11 is 6.51. The molecule has 0 unspecified atom stereocenters. The lowest BCUT2D eigenvalue weighted by molar-refractivity contribution is -0.231. The molecule has 10 heteroatoms. The van der Waals surface area contributed by atoms with Crippen molar-refractivity contribution >= 4 is 22.5 Å². The Labute approximate surface area is 192 Å². The van der Waals surface area contributed by atoms with Gasteiger partial charge in [-0.15, -0.1) is 0 Å². The van der Waals surface area contributed by atoms with E-state index in [-0.39, 0.29) is 6.54 Å². The number of alkyl halides is 3. The maximum Gasteiger partial charge on any atom is 0.416 e. The first kappa shape index (κ1) is 24.0. The molecule has 1 aliphatic rings. The average Bonchev–Trinajstić information content (AvgIpc) is 3.10. The molecule has 33 heavy (non-hydrogen) atoms. The van der Waals surface area contributed by atoms with E-state index < -0.39 is 48.9 Å². The molecule has 0 radical (unpaired) electrons. The van der Waals surface area contributed by atoms with Crippen LogP contribution >= 0.6 is 11.6 Å². The molecule has 2 aromatic carbocycles. The summed E-state index contributed by atoms with van der Waals surface area (Å²) < 4.78 is 46.1. The first-order chi connectivity index (χ1) is 15.5. The van der Waals surface area contributed by atoms with Gasteiger partial charge in [-0.1, -0.05) is 23.7 Å². The molecule has 1 fully saturated rings. The molecule has 2 heterocycles.